The average Bonchev–Trinajstić information content (AvgIpc) is 2.35. The first-order valence-electron chi connectivity index (χ1n) is 5.16. The number of fused-ring (bicyclic) bond motifs is 1. The Hall–Kier alpha value is -2.20. The number of hydrogen-bond donors (Lipinski definition) is 1. The average molecular weight is 304 g/mol. The summed E-state index contributed by atoms with van der Waals surface area (Å²) in [5.74, 6) is -2.05. The zero-order chi connectivity index (χ0) is 15.1. The van der Waals surface area contributed by atoms with Crippen molar-refractivity contribution in [3.8, 4) is 11.8 Å². The van der Waals surface area contributed by atoms with Crippen molar-refractivity contribution in [2.75, 3.05) is 0 Å². The first-order chi connectivity index (χ1) is 9.24. The lowest BCUT2D eigenvalue weighted by Gasteiger charge is -2.27. The number of benzene rings is 1. The van der Waals surface area contributed by atoms with Crippen LogP contribution in [0.5, 0.6) is 5.75 Å². The lowest BCUT2D eigenvalue weighted by molar-refractivity contribution is -0.187. The second-order valence-corrected chi connectivity index (χ2v) is 4.34. The van der Waals surface area contributed by atoms with Gasteiger partial charge in [-0.2, -0.15) is 18.4 Å². The molecular weight excluding hydrogens is 299 g/mol. The van der Waals surface area contributed by atoms with Gasteiger partial charge in [0.1, 0.15) is 5.75 Å². The van der Waals surface area contributed by atoms with Gasteiger partial charge < -0.3 is 9.84 Å². The van der Waals surface area contributed by atoms with E-state index in [1.165, 1.54) is 6.07 Å². The van der Waals surface area contributed by atoms with E-state index in [4.69, 9.17) is 22.0 Å². The van der Waals surface area contributed by atoms with E-state index in [9.17, 15) is 18.0 Å². The molecule has 1 aliphatic rings. The Balaban J connectivity index is 2.63. The minimum absolute atomic E-state index is 0.0203. The van der Waals surface area contributed by atoms with Crippen LogP contribution in [0.15, 0.2) is 17.7 Å². The Bertz CT molecular complexity index is 661. The topological polar surface area (TPSA) is 70.3 Å². The number of alkyl halides is 3. The van der Waals surface area contributed by atoms with Crippen LogP contribution in [-0.2, 0) is 4.79 Å². The highest BCUT2D eigenvalue weighted by Crippen LogP contribution is 2.41. The Labute approximate surface area is 115 Å². The molecule has 0 spiro atoms. The molecule has 4 nitrogen and oxygen atoms in total. The fourth-order valence-electron chi connectivity index (χ4n) is 1.75. The zero-order valence-corrected chi connectivity index (χ0v) is 10.3. The molecule has 104 valence electrons. The molecule has 1 N–H and O–H groups in total. The minimum Gasteiger partial charge on any atom is -0.478 e. The summed E-state index contributed by atoms with van der Waals surface area (Å²) < 4.78 is 43.1. The largest absolute Gasteiger partial charge is 0.478 e. The van der Waals surface area contributed by atoms with Crippen molar-refractivity contribution in [3.63, 3.8) is 0 Å². The van der Waals surface area contributed by atoms with Crippen LogP contribution >= 0.6 is 11.6 Å². The van der Waals surface area contributed by atoms with Gasteiger partial charge in [0, 0.05) is 5.56 Å². The number of ether oxygens (including phenoxy) is 1. The van der Waals surface area contributed by atoms with Gasteiger partial charge in [-0.15, -0.1) is 0 Å². The van der Waals surface area contributed by atoms with Crippen molar-refractivity contribution in [1.82, 2.24) is 0 Å². The molecule has 8 heteroatoms. The van der Waals surface area contributed by atoms with E-state index >= 15 is 0 Å². The second-order valence-electron chi connectivity index (χ2n) is 3.93. The summed E-state index contributed by atoms with van der Waals surface area (Å²) in [5, 5.41) is 17.4. The van der Waals surface area contributed by atoms with E-state index in [1.807, 2.05) is 0 Å². The highest BCUT2D eigenvalue weighted by atomic mass is 35.5. The molecule has 1 unspecified atom stereocenters. The number of carboxylic acids is 1. The molecule has 1 aromatic rings. The van der Waals surface area contributed by atoms with Crippen LogP contribution in [0.4, 0.5) is 13.2 Å². The van der Waals surface area contributed by atoms with Gasteiger partial charge in [-0.1, -0.05) is 11.6 Å². The van der Waals surface area contributed by atoms with E-state index in [2.05, 4.69) is 4.74 Å². The number of nitrogens with zero attached hydrogens (tertiary/aromatic N) is 1. The van der Waals surface area contributed by atoms with Crippen LogP contribution in [0.1, 0.15) is 11.1 Å². The van der Waals surface area contributed by atoms with Gasteiger partial charge in [0.05, 0.1) is 22.2 Å². The van der Waals surface area contributed by atoms with Gasteiger partial charge in [0.2, 0.25) is 6.10 Å². The lowest BCUT2D eigenvalue weighted by atomic mass is 10.00. The lowest BCUT2D eigenvalue weighted by Crippen LogP contribution is -2.40. The molecule has 0 aliphatic carbocycles. The molecule has 0 aromatic heterocycles. The Morgan fingerprint density at radius 1 is 1.45 bits per heavy atom. The second kappa shape index (κ2) is 4.72. The molecule has 1 atom stereocenters. The van der Waals surface area contributed by atoms with E-state index in [1.54, 1.807) is 6.07 Å². The molecule has 1 aliphatic heterocycles. The van der Waals surface area contributed by atoms with E-state index in [0.717, 1.165) is 12.1 Å². The van der Waals surface area contributed by atoms with Crippen molar-refractivity contribution in [2.45, 2.75) is 12.3 Å². The summed E-state index contributed by atoms with van der Waals surface area (Å²) in [6, 6.07) is 4.12. The molecule has 0 saturated heterocycles. The van der Waals surface area contributed by atoms with E-state index in [-0.39, 0.29) is 21.9 Å². The normalized spacial score (nSPS) is 17.6. The number of aliphatic carboxylic acids is 1. The van der Waals surface area contributed by atoms with Crippen LogP contribution in [-0.4, -0.2) is 23.4 Å². The molecule has 2 rings (SSSR count). The molecule has 20 heavy (non-hydrogen) atoms. The van der Waals surface area contributed by atoms with Gasteiger partial charge in [-0.3, -0.25) is 0 Å². The summed E-state index contributed by atoms with van der Waals surface area (Å²) >= 11 is 5.75. The SMILES string of the molecule is N#Cc1cc(Cl)c2c(c1)C=C(C(=O)O)C(C(F)(F)F)O2. The van der Waals surface area contributed by atoms with Crippen LogP contribution in [0, 0.1) is 11.3 Å². The van der Waals surface area contributed by atoms with Crippen molar-refractivity contribution >= 4 is 23.6 Å². The Morgan fingerprint density at radius 2 is 2.10 bits per heavy atom. The molecular formula is C12H5ClF3NO3. The number of rotatable bonds is 1. The highest BCUT2D eigenvalue weighted by Gasteiger charge is 2.48. The number of carboxylic acid groups (broad SMARTS) is 1. The molecule has 0 saturated carbocycles. The minimum atomic E-state index is -4.89. The van der Waals surface area contributed by atoms with Crippen molar-refractivity contribution in [2.24, 2.45) is 0 Å². The quantitative estimate of drug-likeness (QED) is 0.866. The van der Waals surface area contributed by atoms with Crippen LogP contribution in [0.3, 0.4) is 0 Å². The summed E-state index contributed by atoms with van der Waals surface area (Å²) in [7, 11) is 0. The molecule has 0 amide bonds. The first kappa shape index (κ1) is 14.2. The molecule has 0 radical (unpaired) electrons. The van der Waals surface area contributed by atoms with Crippen molar-refractivity contribution in [1.29, 1.82) is 5.26 Å². The fraction of sp³-hybridized carbons (Fsp3) is 0.167. The summed E-state index contributed by atoms with van der Waals surface area (Å²) in [6.45, 7) is 0. The summed E-state index contributed by atoms with van der Waals surface area (Å²) in [6.07, 6.45) is -6.68. The van der Waals surface area contributed by atoms with Gasteiger partial charge in [-0.05, 0) is 18.2 Å². The molecule has 1 aromatic carbocycles. The third-order valence-corrected chi connectivity index (χ3v) is 2.86. The highest BCUT2D eigenvalue weighted by molar-refractivity contribution is 6.32. The number of hydrogen-bond acceptors (Lipinski definition) is 3. The maximum Gasteiger partial charge on any atom is 0.430 e. The van der Waals surface area contributed by atoms with E-state index < -0.39 is 23.8 Å². The Kier molecular flexibility index (Phi) is 3.36. The molecule has 1 heterocycles. The zero-order valence-electron chi connectivity index (χ0n) is 9.53. The monoisotopic (exact) mass is 303 g/mol. The Morgan fingerprint density at radius 3 is 2.60 bits per heavy atom. The number of halogens is 4. The maximum absolute atomic E-state index is 12.8. The number of carbonyl (C=O) groups is 1. The predicted molar refractivity (Wildman–Crippen MR) is 62.3 cm³/mol. The maximum atomic E-state index is 12.8. The smallest absolute Gasteiger partial charge is 0.430 e. The number of nitriles is 1. The molecule has 0 fully saturated rings. The standard InChI is InChI=1S/C12H5ClF3NO3/c13-8-2-5(4-17)1-6-3-7(11(18)19)10(12(14,15)16)20-9(6)8/h1-3,10H,(H,18,19). The molecule has 0 bridgehead atoms. The van der Waals surface area contributed by atoms with Crippen molar-refractivity contribution in [3.05, 3.63) is 33.9 Å². The third-order valence-electron chi connectivity index (χ3n) is 2.57. The third kappa shape index (κ3) is 2.42. The van der Waals surface area contributed by atoms with Crippen LogP contribution in [0.2, 0.25) is 5.02 Å². The predicted octanol–water partition coefficient (Wildman–Crippen LogP) is 3.00. The summed E-state index contributed by atoms with van der Waals surface area (Å²) in [4.78, 5) is 10.9. The first-order valence-corrected chi connectivity index (χ1v) is 5.53. The van der Waals surface area contributed by atoms with Crippen molar-refractivity contribution < 1.29 is 27.8 Å². The van der Waals surface area contributed by atoms with Gasteiger partial charge in [0.25, 0.3) is 0 Å². The van der Waals surface area contributed by atoms with Gasteiger partial charge in [0.15, 0.2) is 0 Å². The van der Waals surface area contributed by atoms with E-state index in [0.29, 0.717) is 0 Å². The van der Waals surface area contributed by atoms with Gasteiger partial charge >= 0.3 is 12.1 Å². The van der Waals surface area contributed by atoms with Crippen LogP contribution in [0.25, 0.3) is 6.08 Å². The summed E-state index contributed by atoms with van der Waals surface area (Å²) in [5.41, 5.74) is -0.855. The van der Waals surface area contributed by atoms with Crippen LogP contribution < -0.4 is 4.74 Å². The fourth-order valence-corrected chi connectivity index (χ4v) is 2.02. The van der Waals surface area contributed by atoms with Gasteiger partial charge in [-0.25, -0.2) is 4.79 Å².